The first-order chi connectivity index (χ1) is 12.9. The Labute approximate surface area is 156 Å². The number of carboxylic acid groups (broad SMARTS) is 1. The van der Waals surface area contributed by atoms with Crippen molar-refractivity contribution in [3.05, 3.63) is 46.5 Å². The number of para-hydroxylation sites is 1. The second kappa shape index (κ2) is 6.48. The largest absolute Gasteiger partial charge is 0.480 e. The Kier molecular flexibility index (Phi) is 4.25. The number of nitrogens with zero attached hydrogens (tertiary/aromatic N) is 2. The van der Waals surface area contributed by atoms with Crippen LogP contribution in [0.5, 0.6) is 0 Å². The number of aromatic nitrogens is 2. The molecule has 0 saturated heterocycles. The van der Waals surface area contributed by atoms with Crippen molar-refractivity contribution in [3.63, 3.8) is 0 Å². The Balaban J connectivity index is 1.75. The number of carbonyl (C=O) groups excluding carboxylic acids is 1. The second-order valence-corrected chi connectivity index (χ2v) is 7.49. The number of rotatable bonds is 4. The predicted octanol–water partition coefficient (Wildman–Crippen LogP) is 2.94. The lowest BCUT2D eigenvalue weighted by Crippen LogP contribution is -2.52. The summed E-state index contributed by atoms with van der Waals surface area (Å²) in [5.41, 5.74) is 1.72. The number of halogens is 1. The topological polar surface area (TPSA) is 84.2 Å². The summed E-state index contributed by atoms with van der Waals surface area (Å²) in [6, 6.07) is 4.82. The normalized spacial score (nSPS) is 17.7. The number of hydrogen-bond acceptors (Lipinski definition) is 3. The number of aliphatic carboxylic acids is 1. The summed E-state index contributed by atoms with van der Waals surface area (Å²) in [6.45, 7) is 1.80. The molecule has 2 N–H and O–H groups in total. The van der Waals surface area contributed by atoms with E-state index in [9.17, 15) is 19.1 Å². The Morgan fingerprint density at radius 1 is 1.22 bits per heavy atom. The summed E-state index contributed by atoms with van der Waals surface area (Å²) < 4.78 is 16.0. The molecule has 4 rings (SSSR count). The van der Waals surface area contributed by atoms with Crippen LogP contribution in [0.2, 0.25) is 0 Å². The number of benzene rings is 1. The van der Waals surface area contributed by atoms with Gasteiger partial charge in [0.2, 0.25) is 0 Å². The van der Waals surface area contributed by atoms with Crippen LogP contribution in [-0.2, 0) is 17.6 Å². The summed E-state index contributed by atoms with van der Waals surface area (Å²) in [5, 5.41) is 16.8. The highest BCUT2D eigenvalue weighted by molar-refractivity contribution is 5.98. The van der Waals surface area contributed by atoms with E-state index >= 15 is 0 Å². The van der Waals surface area contributed by atoms with E-state index < -0.39 is 23.2 Å². The average Bonchev–Trinajstić information content (AvgIpc) is 3.32. The van der Waals surface area contributed by atoms with Crippen LogP contribution in [0, 0.1) is 12.7 Å². The van der Waals surface area contributed by atoms with Gasteiger partial charge >= 0.3 is 5.97 Å². The monoisotopic (exact) mass is 371 g/mol. The van der Waals surface area contributed by atoms with Crippen molar-refractivity contribution in [1.29, 1.82) is 0 Å². The van der Waals surface area contributed by atoms with Crippen LogP contribution in [0.3, 0.4) is 0 Å². The summed E-state index contributed by atoms with van der Waals surface area (Å²) in [5.74, 6) is -1.88. The van der Waals surface area contributed by atoms with E-state index in [-0.39, 0.29) is 5.69 Å². The third-order valence-corrected chi connectivity index (χ3v) is 5.76. The van der Waals surface area contributed by atoms with Gasteiger partial charge in [0.25, 0.3) is 5.91 Å². The first-order valence-electron chi connectivity index (χ1n) is 9.35. The van der Waals surface area contributed by atoms with Crippen LogP contribution < -0.4 is 5.32 Å². The van der Waals surface area contributed by atoms with Gasteiger partial charge in [0.15, 0.2) is 5.69 Å². The molecule has 0 spiro atoms. The second-order valence-electron chi connectivity index (χ2n) is 7.49. The zero-order valence-corrected chi connectivity index (χ0v) is 15.2. The van der Waals surface area contributed by atoms with Crippen LogP contribution in [0.15, 0.2) is 18.2 Å². The Hall–Kier alpha value is -2.70. The molecule has 6 nitrogen and oxygen atoms in total. The van der Waals surface area contributed by atoms with E-state index in [1.807, 2.05) is 0 Å². The molecule has 1 saturated carbocycles. The lowest BCUT2D eigenvalue weighted by Gasteiger charge is -2.24. The van der Waals surface area contributed by atoms with Gasteiger partial charge in [0, 0.05) is 11.3 Å². The maximum absolute atomic E-state index is 14.5. The molecule has 2 aliphatic carbocycles. The molecule has 0 unspecified atom stereocenters. The van der Waals surface area contributed by atoms with Gasteiger partial charge in [0.05, 0.1) is 0 Å². The third kappa shape index (κ3) is 2.81. The van der Waals surface area contributed by atoms with Crippen molar-refractivity contribution in [2.75, 3.05) is 0 Å². The van der Waals surface area contributed by atoms with Crippen molar-refractivity contribution >= 4 is 11.9 Å². The molecule has 0 aliphatic heterocycles. The molecule has 0 bridgehead atoms. The number of fused-ring (bicyclic) bond motifs is 1. The van der Waals surface area contributed by atoms with E-state index in [0.717, 1.165) is 36.1 Å². The highest BCUT2D eigenvalue weighted by Gasteiger charge is 2.43. The van der Waals surface area contributed by atoms with Crippen LogP contribution in [0.25, 0.3) is 5.69 Å². The van der Waals surface area contributed by atoms with Crippen molar-refractivity contribution in [2.45, 2.75) is 57.4 Å². The van der Waals surface area contributed by atoms with Gasteiger partial charge in [-0.3, -0.25) is 4.79 Å². The quantitative estimate of drug-likeness (QED) is 0.865. The van der Waals surface area contributed by atoms with Crippen LogP contribution in [0.4, 0.5) is 4.39 Å². The highest BCUT2D eigenvalue weighted by Crippen LogP contribution is 2.33. The summed E-state index contributed by atoms with van der Waals surface area (Å²) in [7, 11) is 0. The van der Waals surface area contributed by atoms with E-state index in [0.29, 0.717) is 31.4 Å². The summed E-state index contributed by atoms with van der Waals surface area (Å²) >= 11 is 0. The lowest BCUT2D eigenvalue weighted by atomic mass is 9.97. The van der Waals surface area contributed by atoms with Crippen molar-refractivity contribution in [2.24, 2.45) is 0 Å². The summed E-state index contributed by atoms with van der Waals surface area (Å²) in [6.07, 6.45) is 4.65. The number of hydrogen-bond donors (Lipinski definition) is 2. The maximum Gasteiger partial charge on any atom is 0.329 e. The zero-order chi connectivity index (χ0) is 19.2. The molecule has 0 atom stereocenters. The van der Waals surface area contributed by atoms with Crippen molar-refractivity contribution < 1.29 is 19.1 Å². The number of carboxylic acids is 1. The Morgan fingerprint density at radius 2 is 1.96 bits per heavy atom. The highest BCUT2D eigenvalue weighted by atomic mass is 19.1. The number of nitrogens with one attached hydrogen (secondary N) is 1. The van der Waals surface area contributed by atoms with E-state index in [4.69, 9.17) is 0 Å². The van der Waals surface area contributed by atoms with Gasteiger partial charge in [-0.05, 0) is 50.7 Å². The SMILES string of the molecule is Cc1cccc(F)c1-n1nc(C(=O)NC2(C(=O)O)CCCC2)c2c1CCC2. The zero-order valence-electron chi connectivity index (χ0n) is 15.2. The molecule has 1 fully saturated rings. The Morgan fingerprint density at radius 3 is 2.63 bits per heavy atom. The lowest BCUT2D eigenvalue weighted by molar-refractivity contribution is -0.144. The van der Waals surface area contributed by atoms with Crippen molar-refractivity contribution in [3.8, 4) is 5.69 Å². The predicted molar refractivity (Wildman–Crippen MR) is 96.6 cm³/mol. The molecule has 1 aromatic carbocycles. The molecule has 1 aromatic heterocycles. The Bertz CT molecular complexity index is 909. The number of aryl methyl sites for hydroxylation is 1. The third-order valence-electron chi connectivity index (χ3n) is 5.76. The van der Waals surface area contributed by atoms with Crippen LogP contribution >= 0.6 is 0 Å². The molecular formula is C20H22FN3O3. The molecule has 0 radical (unpaired) electrons. The van der Waals surface area contributed by atoms with Gasteiger partial charge in [0.1, 0.15) is 17.0 Å². The molecule has 142 valence electrons. The molecule has 1 amide bonds. The first kappa shape index (κ1) is 17.7. The van der Waals surface area contributed by atoms with E-state index in [1.54, 1.807) is 19.1 Å². The fraction of sp³-hybridized carbons (Fsp3) is 0.450. The van der Waals surface area contributed by atoms with Crippen molar-refractivity contribution in [1.82, 2.24) is 15.1 Å². The van der Waals surface area contributed by atoms with Crippen LogP contribution in [-0.4, -0.2) is 32.3 Å². The molecule has 1 heterocycles. The summed E-state index contributed by atoms with van der Waals surface area (Å²) in [4.78, 5) is 24.7. The van der Waals surface area contributed by atoms with Crippen LogP contribution in [0.1, 0.15) is 59.4 Å². The molecule has 2 aromatic rings. The van der Waals surface area contributed by atoms with E-state index in [1.165, 1.54) is 10.7 Å². The minimum atomic E-state index is -1.22. The number of amides is 1. The van der Waals surface area contributed by atoms with E-state index in [2.05, 4.69) is 10.4 Å². The minimum absolute atomic E-state index is 0.220. The smallest absolute Gasteiger partial charge is 0.329 e. The van der Waals surface area contributed by atoms with Gasteiger partial charge in [-0.2, -0.15) is 5.10 Å². The fourth-order valence-electron chi connectivity index (χ4n) is 4.34. The molecular weight excluding hydrogens is 349 g/mol. The maximum atomic E-state index is 14.5. The first-order valence-corrected chi connectivity index (χ1v) is 9.35. The molecule has 7 heteroatoms. The van der Waals surface area contributed by atoms with Gasteiger partial charge < -0.3 is 10.4 Å². The fourth-order valence-corrected chi connectivity index (χ4v) is 4.34. The number of carbonyl (C=O) groups is 2. The van der Waals surface area contributed by atoms with Gasteiger partial charge in [-0.25, -0.2) is 13.9 Å². The van der Waals surface area contributed by atoms with Gasteiger partial charge in [-0.15, -0.1) is 0 Å². The minimum Gasteiger partial charge on any atom is -0.480 e. The molecule has 2 aliphatic rings. The van der Waals surface area contributed by atoms with Gasteiger partial charge in [-0.1, -0.05) is 25.0 Å². The average molecular weight is 371 g/mol. The standard InChI is InChI=1S/C20H22FN3O3/c1-12-6-4-8-14(21)17(12)24-15-9-5-7-13(15)16(23-24)18(25)22-20(19(26)27)10-2-3-11-20/h4,6,8H,2-3,5,7,9-11H2,1H3,(H,22,25)(H,26,27). The molecule has 27 heavy (non-hydrogen) atoms.